The minimum atomic E-state index is -0.578. The molecule has 2 aromatic rings. The average Bonchev–Trinajstić information content (AvgIpc) is 2.67. The fourth-order valence-electron chi connectivity index (χ4n) is 2.45. The van der Waals surface area contributed by atoms with Crippen molar-refractivity contribution in [1.29, 1.82) is 0 Å². The first kappa shape index (κ1) is 19.6. The largest absolute Gasteiger partial charge is 0.497 e. The number of methoxy groups -OCH3 is 1. The predicted octanol–water partition coefficient (Wildman–Crippen LogP) is 3.61. The molecule has 0 aliphatic rings. The van der Waals surface area contributed by atoms with Gasteiger partial charge in [-0.1, -0.05) is 25.1 Å². The zero-order valence-electron chi connectivity index (χ0n) is 15.8. The third-order valence-corrected chi connectivity index (χ3v) is 3.97. The Morgan fingerprint density at radius 2 is 1.69 bits per heavy atom. The molecule has 1 N–H and O–H groups in total. The number of carbonyl (C=O) groups is 1. The van der Waals surface area contributed by atoms with Gasteiger partial charge in [0.1, 0.15) is 23.9 Å². The van der Waals surface area contributed by atoms with Crippen LogP contribution in [0.15, 0.2) is 48.5 Å². The zero-order valence-corrected chi connectivity index (χ0v) is 15.8. The van der Waals surface area contributed by atoms with Crippen LogP contribution in [0.1, 0.15) is 26.3 Å². The van der Waals surface area contributed by atoms with Gasteiger partial charge in [-0.15, -0.1) is 0 Å². The lowest BCUT2D eigenvalue weighted by molar-refractivity contribution is -0.128. The summed E-state index contributed by atoms with van der Waals surface area (Å²) in [5.41, 5.74) is 1.09. The monoisotopic (exact) mass is 357 g/mol. The minimum Gasteiger partial charge on any atom is -0.497 e. The number of amides is 1. The van der Waals surface area contributed by atoms with E-state index < -0.39 is 6.10 Å². The summed E-state index contributed by atoms with van der Waals surface area (Å²) in [6.07, 6.45) is 0.280. The number of benzene rings is 2. The van der Waals surface area contributed by atoms with E-state index >= 15 is 0 Å². The Kier molecular flexibility index (Phi) is 7.33. The predicted molar refractivity (Wildman–Crippen MR) is 102 cm³/mol. The topological polar surface area (TPSA) is 56.8 Å². The van der Waals surface area contributed by atoms with E-state index in [9.17, 15) is 4.79 Å². The number of para-hydroxylation sites is 1. The van der Waals surface area contributed by atoms with E-state index in [1.807, 2.05) is 55.5 Å². The summed E-state index contributed by atoms with van der Waals surface area (Å²) >= 11 is 0. The van der Waals surface area contributed by atoms with Crippen LogP contribution < -0.4 is 19.5 Å². The van der Waals surface area contributed by atoms with Crippen molar-refractivity contribution in [3.63, 3.8) is 0 Å². The van der Waals surface area contributed by atoms with Gasteiger partial charge in [-0.3, -0.25) is 4.79 Å². The molecule has 0 spiro atoms. The van der Waals surface area contributed by atoms with E-state index in [-0.39, 0.29) is 11.9 Å². The second-order valence-corrected chi connectivity index (χ2v) is 6.12. The Labute approximate surface area is 155 Å². The lowest BCUT2D eigenvalue weighted by atomic mass is 10.1. The molecule has 0 saturated carbocycles. The van der Waals surface area contributed by atoms with Crippen LogP contribution >= 0.6 is 0 Å². The first-order valence-corrected chi connectivity index (χ1v) is 8.85. The summed E-state index contributed by atoms with van der Waals surface area (Å²) in [6, 6.07) is 15.0. The summed E-state index contributed by atoms with van der Waals surface area (Å²) in [5, 5.41) is 2.92. The smallest absolute Gasteiger partial charge is 0.261 e. The van der Waals surface area contributed by atoms with Crippen LogP contribution in [0, 0.1) is 0 Å². The summed E-state index contributed by atoms with van der Waals surface area (Å²) in [4.78, 5) is 12.3. The van der Waals surface area contributed by atoms with Gasteiger partial charge in [-0.25, -0.2) is 0 Å². The fraction of sp³-hybridized carbons (Fsp3) is 0.381. The maximum Gasteiger partial charge on any atom is 0.261 e. The molecular formula is C21H27NO4. The van der Waals surface area contributed by atoms with Crippen molar-refractivity contribution in [3.8, 4) is 17.2 Å². The van der Waals surface area contributed by atoms with Gasteiger partial charge >= 0.3 is 0 Å². The van der Waals surface area contributed by atoms with E-state index in [0.717, 1.165) is 29.2 Å². The van der Waals surface area contributed by atoms with Crippen LogP contribution in [-0.2, 0) is 11.2 Å². The molecule has 140 valence electrons. The van der Waals surface area contributed by atoms with Crippen LogP contribution in [-0.4, -0.2) is 31.8 Å². The Morgan fingerprint density at radius 3 is 2.35 bits per heavy atom. The molecule has 0 heterocycles. The van der Waals surface area contributed by atoms with E-state index in [4.69, 9.17) is 14.2 Å². The van der Waals surface area contributed by atoms with Crippen LogP contribution in [0.2, 0.25) is 0 Å². The van der Waals surface area contributed by atoms with E-state index in [1.54, 1.807) is 14.0 Å². The molecule has 0 unspecified atom stereocenters. The second kappa shape index (κ2) is 9.70. The third kappa shape index (κ3) is 5.69. The molecule has 26 heavy (non-hydrogen) atoms. The van der Waals surface area contributed by atoms with Crippen molar-refractivity contribution >= 4 is 5.91 Å². The Balaban J connectivity index is 1.81. The number of hydrogen-bond acceptors (Lipinski definition) is 4. The maximum absolute atomic E-state index is 12.3. The first-order valence-electron chi connectivity index (χ1n) is 8.85. The highest BCUT2D eigenvalue weighted by molar-refractivity contribution is 5.81. The quantitative estimate of drug-likeness (QED) is 0.745. The molecule has 1 amide bonds. The first-order chi connectivity index (χ1) is 12.5. The van der Waals surface area contributed by atoms with Crippen molar-refractivity contribution in [3.05, 3.63) is 54.1 Å². The van der Waals surface area contributed by atoms with Gasteiger partial charge in [-0.05, 0) is 56.2 Å². The molecular weight excluding hydrogens is 330 g/mol. The number of aryl methyl sites for hydroxylation is 1. The lowest BCUT2D eigenvalue weighted by Gasteiger charge is -2.20. The SMILES string of the molecule is CCc1ccccc1O[C@H](C)C(=O)N[C@H](C)COc1ccc(OC)cc1. The lowest BCUT2D eigenvalue weighted by Crippen LogP contribution is -2.43. The number of carbonyl (C=O) groups excluding carboxylic acids is 1. The van der Waals surface area contributed by atoms with Crippen molar-refractivity contribution < 1.29 is 19.0 Å². The normalized spacial score (nSPS) is 12.8. The van der Waals surface area contributed by atoms with Crippen LogP contribution in [0.5, 0.6) is 17.2 Å². The minimum absolute atomic E-state index is 0.142. The molecule has 0 fully saturated rings. The van der Waals surface area contributed by atoms with E-state index in [1.165, 1.54) is 0 Å². The highest BCUT2D eigenvalue weighted by Crippen LogP contribution is 2.20. The molecule has 5 heteroatoms. The standard InChI is InChI=1S/C21H27NO4/c1-5-17-8-6-7-9-20(17)26-16(3)21(23)22-15(2)14-25-19-12-10-18(24-4)11-13-19/h6-13,15-16H,5,14H2,1-4H3,(H,22,23)/t15-,16-/m1/s1. The maximum atomic E-state index is 12.3. The fourth-order valence-corrected chi connectivity index (χ4v) is 2.45. The van der Waals surface area contributed by atoms with Gasteiger partial charge in [0, 0.05) is 0 Å². The molecule has 0 saturated heterocycles. The molecule has 2 atom stereocenters. The molecule has 2 rings (SSSR count). The molecule has 0 aliphatic carbocycles. The van der Waals surface area contributed by atoms with Crippen molar-refractivity contribution in [1.82, 2.24) is 5.32 Å². The highest BCUT2D eigenvalue weighted by Gasteiger charge is 2.18. The Morgan fingerprint density at radius 1 is 1.04 bits per heavy atom. The zero-order chi connectivity index (χ0) is 18.9. The van der Waals surface area contributed by atoms with Gasteiger partial charge < -0.3 is 19.5 Å². The van der Waals surface area contributed by atoms with Crippen molar-refractivity contribution in [2.75, 3.05) is 13.7 Å². The Hall–Kier alpha value is -2.69. The number of ether oxygens (including phenoxy) is 3. The van der Waals surface area contributed by atoms with E-state index in [2.05, 4.69) is 12.2 Å². The van der Waals surface area contributed by atoms with Crippen molar-refractivity contribution in [2.24, 2.45) is 0 Å². The van der Waals surface area contributed by atoms with Crippen LogP contribution in [0.4, 0.5) is 0 Å². The second-order valence-electron chi connectivity index (χ2n) is 6.12. The molecule has 0 aromatic heterocycles. The van der Waals surface area contributed by atoms with Gasteiger partial charge in [0.15, 0.2) is 6.10 Å². The van der Waals surface area contributed by atoms with E-state index in [0.29, 0.717) is 6.61 Å². The van der Waals surface area contributed by atoms with Gasteiger partial charge in [-0.2, -0.15) is 0 Å². The number of nitrogens with one attached hydrogen (secondary N) is 1. The molecule has 0 aliphatic heterocycles. The summed E-state index contributed by atoms with van der Waals surface area (Å²) in [7, 11) is 1.62. The van der Waals surface area contributed by atoms with Gasteiger partial charge in [0.2, 0.25) is 0 Å². The van der Waals surface area contributed by atoms with Crippen LogP contribution in [0.3, 0.4) is 0 Å². The summed E-state index contributed by atoms with van der Waals surface area (Å²) < 4.78 is 16.6. The molecule has 5 nitrogen and oxygen atoms in total. The summed E-state index contributed by atoms with van der Waals surface area (Å²) in [6.45, 7) is 6.08. The van der Waals surface area contributed by atoms with Gasteiger partial charge in [0.25, 0.3) is 5.91 Å². The number of rotatable bonds is 9. The van der Waals surface area contributed by atoms with Crippen molar-refractivity contribution in [2.45, 2.75) is 39.3 Å². The Bertz CT molecular complexity index is 699. The molecule has 0 radical (unpaired) electrons. The highest BCUT2D eigenvalue weighted by atomic mass is 16.5. The number of hydrogen-bond donors (Lipinski definition) is 1. The molecule has 2 aromatic carbocycles. The van der Waals surface area contributed by atoms with Crippen LogP contribution in [0.25, 0.3) is 0 Å². The third-order valence-electron chi connectivity index (χ3n) is 3.97. The average molecular weight is 357 g/mol. The molecule has 0 bridgehead atoms. The summed E-state index contributed by atoms with van der Waals surface area (Å²) in [5.74, 6) is 2.09. The van der Waals surface area contributed by atoms with Gasteiger partial charge in [0.05, 0.1) is 13.2 Å².